The maximum atomic E-state index is 13.9. The van der Waals surface area contributed by atoms with Crippen LogP contribution in [0.15, 0.2) is 48.5 Å². The molecule has 0 radical (unpaired) electrons. The Morgan fingerprint density at radius 1 is 1.07 bits per heavy atom. The first-order chi connectivity index (χ1) is 13.9. The van der Waals surface area contributed by atoms with E-state index in [1.807, 2.05) is 31.2 Å². The van der Waals surface area contributed by atoms with Crippen LogP contribution in [-0.2, 0) is 11.3 Å². The molecule has 2 aromatic carbocycles. The summed E-state index contributed by atoms with van der Waals surface area (Å²) >= 11 is 0. The largest absolute Gasteiger partial charge is 0.338 e. The number of rotatable bonds is 3. The van der Waals surface area contributed by atoms with E-state index >= 15 is 0 Å². The van der Waals surface area contributed by atoms with Gasteiger partial charge in [0.15, 0.2) is 0 Å². The fraction of sp³-hybridized carbons (Fsp3) is 0.318. The lowest BCUT2D eigenvalue weighted by atomic mass is 9.87. The van der Waals surface area contributed by atoms with Crippen LogP contribution in [-0.4, -0.2) is 46.3 Å². The quantitative estimate of drug-likeness (QED) is 0.813. The zero-order valence-electron chi connectivity index (χ0n) is 16.2. The highest BCUT2D eigenvalue weighted by molar-refractivity contribution is 6.07. The van der Waals surface area contributed by atoms with Crippen molar-refractivity contribution < 1.29 is 18.8 Å². The second-order valence-electron chi connectivity index (χ2n) is 7.66. The topological polar surface area (TPSA) is 69.7 Å². The second-order valence-corrected chi connectivity index (χ2v) is 7.66. The summed E-state index contributed by atoms with van der Waals surface area (Å²) in [6.07, 6.45) is 0.615. The second kappa shape index (κ2) is 7.31. The lowest BCUT2D eigenvalue weighted by Crippen LogP contribution is -2.55. The van der Waals surface area contributed by atoms with Crippen LogP contribution in [0.25, 0.3) is 0 Å². The molecule has 0 saturated carbocycles. The SMILES string of the molecule is Cc1ccc(CN2C(=O)NC3(CCN(C(=O)c4ccccc4F)CC3)C2=O)cc1. The van der Waals surface area contributed by atoms with Gasteiger partial charge in [-0.1, -0.05) is 42.0 Å². The monoisotopic (exact) mass is 395 g/mol. The Morgan fingerprint density at radius 3 is 2.38 bits per heavy atom. The van der Waals surface area contributed by atoms with E-state index in [0.717, 1.165) is 11.1 Å². The molecule has 2 fully saturated rings. The normalized spacial score (nSPS) is 18.3. The summed E-state index contributed by atoms with van der Waals surface area (Å²) in [5.74, 6) is -1.22. The molecule has 1 spiro atoms. The minimum atomic E-state index is -0.992. The molecule has 7 heteroatoms. The van der Waals surface area contributed by atoms with Crippen molar-refractivity contribution in [3.05, 3.63) is 71.0 Å². The van der Waals surface area contributed by atoms with Crippen LogP contribution in [0.5, 0.6) is 0 Å². The van der Waals surface area contributed by atoms with Crippen LogP contribution in [0.2, 0.25) is 0 Å². The highest BCUT2D eigenvalue weighted by atomic mass is 19.1. The number of hydrogen-bond acceptors (Lipinski definition) is 3. The number of nitrogens with zero attached hydrogens (tertiary/aromatic N) is 2. The molecular formula is C22H22FN3O3. The number of carbonyl (C=O) groups is 3. The van der Waals surface area contributed by atoms with Gasteiger partial charge in [0.05, 0.1) is 12.1 Å². The molecule has 2 saturated heterocycles. The van der Waals surface area contributed by atoms with Crippen LogP contribution in [0.3, 0.4) is 0 Å². The summed E-state index contributed by atoms with van der Waals surface area (Å²) in [6, 6.07) is 13.1. The van der Waals surface area contributed by atoms with Gasteiger partial charge >= 0.3 is 6.03 Å². The van der Waals surface area contributed by atoms with Crippen LogP contribution in [0.4, 0.5) is 9.18 Å². The van der Waals surface area contributed by atoms with E-state index < -0.39 is 23.3 Å². The van der Waals surface area contributed by atoms with E-state index in [4.69, 9.17) is 0 Å². The van der Waals surface area contributed by atoms with Crippen molar-refractivity contribution in [3.8, 4) is 0 Å². The van der Waals surface area contributed by atoms with Gasteiger partial charge < -0.3 is 10.2 Å². The Balaban J connectivity index is 1.44. The molecule has 2 aromatic rings. The Morgan fingerprint density at radius 2 is 1.72 bits per heavy atom. The van der Waals surface area contributed by atoms with E-state index in [-0.39, 0.29) is 31.1 Å². The zero-order valence-corrected chi connectivity index (χ0v) is 16.2. The van der Waals surface area contributed by atoms with Crippen molar-refractivity contribution in [1.29, 1.82) is 0 Å². The molecule has 0 unspecified atom stereocenters. The van der Waals surface area contributed by atoms with Gasteiger partial charge in [0.2, 0.25) is 0 Å². The number of likely N-dealkylation sites (tertiary alicyclic amines) is 1. The standard InChI is InChI=1S/C22H22FN3O3/c1-15-6-8-16(9-7-15)14-26-20(28)22(24-21(26)29)10-12-25(13-11-22)19(27)17-4-2-3-5-18(17)23/h2-9H,10-14H2,1H3,(H,24,29). The van der Waals surface area contributed by atoms with Crippen molar-refractivity contribution in [1.82, 2.24) is 15.1 Å². The Labute approximate surface area is 168 Å². The van der Waals surface area contributed by atoms with E-state index in [1.54, 1.807) is 6.07 Å². The summed E-state index contributed by atoms with van der Waals surface area (Å²) < 4.78 is 13.9. The summed E-state index contributed by atoms with van der Waals surface area (Å²) in [4.78, 5) is 40.9. The minimum absolute atomic E-state index is 0.0197. The van der Waals surface area contributed by atoms with Gasteiger partial charge in [0.1, 0.15) is 11.4 Å². The molecule has 0 bridgehead atoms. The maximum Gasteiger partial charge on any atom is 0.325 e. The van der Waals surface area contributed by atoms with E-state index in [2.05, 4.69) is 5.32 Å². The Bertz CT molecular complexity index is 966. The third kappa shape index (κ3) is 3.48. The van der Waals surface area contributed by atoms with E-state index in [9.17, 15) is 18.8 Å². The summed E-state index contributed by atoms with van der Waals surface area (Å²) in [5.41, 5.74) is 1.01. The zero-order chi connectivity index (χ0) is 20.6. The van der Waals surface area contributed by atoms with Gasteiger partial charge in [-0.15, -0.1) is 0 Å². The number of amides is 4. The fourth-order valence-electron chi connectivity index (χ4n) is 3.93. The molecule has 0 aliphatic carbocycles. The first kappa shape index (κ1) is 19.1. The Hall–Kier alpha value is -3.22. The molecule has 2 heterocycles. The number of urea groups is 1. The Kier molecular flexibility index (Phi) is 4.82. The number of hydrogen-bond donors (Lipinski definition) is 1. The highest BCUT2D eigenvalue weighted by Gasteiger charge is 2.52. The molecule has 0 aromatic heterocycles. The first-order valence-electron chi connectivity index (χ1n) is 9.63. The van der Waals surface area contributed by atoms with Crippen molar-refractivity contribution in [2.75, 3.05) is 13.1 Å². The molecule has 4 rings (SSSR count). The molecule has 0 atom stereocenters. The van der Waals surface area contributed by atoms with Gasteiger partial charge in [-0.05, 0) is 37.5 Å². The highest BCUT2D eigenvalue weighted by Crippen LogP contribution is 2.31. The average Bonchev–Trinajstić information content (AvgIpc) is 2.94. The molecular weight excluding hydrogens is 373 g/mol. The van der Waals surface area contributed by atoms with Crippen molar-refractivity contribution in [2.24, 2.45) is 0 Å². The van der Waals surface area contributed by atoms with Crippen molar-refractivity contribution >= 4 is 17.8 Å². The van der Waals surface area contributed by atoms with Gasteiger partial charge in [0, 0.05) is 13.1 Å². The molecule has 1 N–H and O–H groups in total. The van der Waals surface area contributed by atoms with Crippen LogP contribution in [0.1, 0.15) is 34.3 Å². The maximum absolute atomic E-state index is 13.9. The van der Waals surface area contributed by atoms with Crippen molar-refractivity contribution in [2.45, 2.75) is 31.8 Å². The summed E-state index contributed by atoms with van der Waals surface area (Å²) in [6.45, 7) is 2.74. The number of benzene rings is 2. The number of imide groups is 1. The summed E-state index contributed by atoms with van der Waals surface area (Å²) in [5, 5.41) is 2.84. The number of aryl methyl sites for hydroxylation is 1. The average molecular weight is 395 g/mol. The third-order valence-corrected chi connectivity index (χ3v) is 5.72. The lowest BCUT2D eigenvalue weighted by molar-refractivity contribution is -0.133. The van der Waals surface area contributed by atoms with Crippen molar-refractivity contribution in [3.63, 3.8) is 0 Å². The van der Waals surface area contributed by atoms with Crippen LogP contribution < -0.4 is 5.32 Å². The first-order valence-corrected chi connectivity index (χ1v) is 9.63. The fourth-order valence-corrected chi connectivity index (χ4v) is 3.93. The summed E-state index contributed by atoms with van der Waals surface area (Å²) in [7, 11) is 0. The molecule has 2 aliphatic rings. The lowest BCUT2D eigenvalue weighted by Gasteiger charge is -2.37. The predicted molar refractivity (Wildman–Crippen MR) is 105 cm³/mol. The number of carbonyl (C=O) groups excluding carboxylic acids is 3. The van der Waals surface area contributed by atoms with Gasteiger partial charge in [-0.2, -0.15) is 0 Å². The number of nitrogens with one attached hydrogen (secondary N) is 1. The number of halogens is 1. The molecule has 29 heavy (non-hydrogen) atoms. The van der Waals surface area contributed by atoms with Gasteiger partial charge in [-0.3, -0.25) is 14.5 Å². The van der Waals surface area contributed by atoms with E-state index in [1.165, 1.54) is 28.0 Å². The molecule has 4 amide bonds. The van der Waals surface area contributed by atoms with E-state index in [0.29, 0.717) is 12.8 Å². The molecule has 6 nitrogen and oxygen atoms in total. The molecule has 150 valence electrons. The van der Waals surface area contributed by atoms with Gasteiger partial charge in [0.25, 0.3) is 11.8 Å². The van der Waals surface area contributed by atoms with Gasteiger partial charge in [-0.25, -0.2) is 9.18 Å². The minimum Gasteiger partial charge on any atom is -0.338 e. The van der Waals surface area contributed by atoms with Crippen LogP contribution >= 0.6 is 0 Å². The third-order valence-electron chi connectivity index (χ3n) is 5.72. The number of piperidine rings is 1. The smallest absolute Gasteiger partial charge is 0.325 e. The van der Waals surface area contributed by atoms with Crippen LogP contribution in [0, 0.1) is 12.7 Å². The molecule has 2 aliphatic heterocycles. The predicted octanol–water partition coefficient (Wildman–Crippen LogP) is 2.86.